The van der Waals surface area contributed by atoms with Crippen molar-refractivity contribution in [3.8, 4) is 0 Å². The lowest BCUT2D eigenvalue weighted by Gasteiger charge is -2.07. The first-order valence-corrected chi connectivity index (χ1v) is 6.38. The first-order chi connectivity index (χ1) is 8.11. The van der Waals surface area contributed by atoms with Gasteiger partial charge in [-0.05, 0) is 43.5 Å². The van der Waals surface area contributed by atoms with Gasteiger partial charge in [0.05, 0.1) is 0 Å². The number of anilines is 1. The standard InChI is InChI=1S/C12H18BrN3O/c1-9-6-10(13)8-11(7-9)15-5-3-2-4-12(14)16-17/h6-8,15,17H,2-5H2,1H3,(H2,14,16). The quantitative estimate of drug-likeness (QED) is 0.248. The van der Waals surface area contributed by atoms with Gasteiger partial charge in [0, 0.05) is 23.1 Å². The first kappa shape index (κ1) is 13.8. The Morgan fingerprint density at radius 3 is 2.82 bits per heavy atom. The number of nitrogens with two attached hydrogens (primary N) is 1. The minimum absolute atomic E-state index is 0.295. The lowest BCUT2D eigenvalue weighted by molar-refractivity contribution is 0.316. The Morgan fingerprint density at radius 1 is 1.41 bits per heavy atom. The van der Waals surface area contributed by atoms with Crippen LogP contribution in [-0.4, -0.2) is 17.6 Å². The highest BCUT2D eigenvalue weighted by Crippen LogP contribution is 2.19. The Hall–Kier alpha value is -1.23. The van der Waals surface area contributed by atoms with Crippen LogP contribution < -0.4 is 11.1 Å². The van der Waals surface area contributed by atoms with Gasteiger partial charge in [-0.2, -0.15) is 0 Å². The summed E-state index contributed by atoms with van der Waals surface area (Å²) in [6.07, 6.45) is 2.54. The Morgan fingerprint density at radius 2 is 2.18 bits per heavy atom. The molecule has 1 aromatic rings. The van der Waals surface area contributed by atoms with Gasteiger partial charge in [0.2, 0.25) is 0 Å². The van der Waals surface area contributed by atoms with Crippen molar-refractivity contribution in [2.24, 2.45) is 10.9 Å². The molecule has 0 fully saturated rings. The molecule has 0 unspecified atom stereocenters. The predicted octanol–water partition coefficient (Wildman–Crippen LogP) is 3.09. The van der Waals surface area contributed by atoms with Gasteiger partial charge in [-0.1, -0.05) is 21.1 Å². The molecule has 0 aliphatic carbocycles. The minimum atomic E-state index is 0.295. The van der Waals surface area contributed by atoms with Crippen LogP contribution in [0.15, 0.2) is 27.8 Å². The lowest BCUT2D eigenvalue weighted by atomic mass is 10.2. The second-order valence-corrected chi connectivity index (χ2v) is 4.91. The van der Waals surface area contributed by atoms with Crippen molar-refractivity contribution < 1.29 is 5.21 Å². The van der Waals surface area contributed by atoms with Crippen molar-refractivity contribution in [3.63, 3.8) is 0 Å². The average Bonchev–Trinajstić information content (AvgIpc) is 2.27. The second kappa shape index (κ2) is 7.17. The monoisotopic (exact) mass is 299 g/mol. The summed E-state index contributed by atoms with van der Waals surface area (Å²) in [5, 5.41) is 14.7. The molecule has 0 spiro atoms. The summed E-state index contributed by atoms with van der Waals surface area (Å²) in [5.74, 6) is 0.295. The van der Waals surface area contributed by atoms with Crippen molar-refractivity contribution in [2.75, 3.05) is 11.9 Å². The maximum absolute atomic E-state index is 8.37. The summed E-state index contributed by atoms with van der Waals surface area (Å²) in [6.45, 7) is 2.95. The molecule has 94 valence electrons. The van der Waals surface area contributed by atoms with Gasteiger partial charge in [0.15, 0.2) is 0 Å². The van der Waals surface area contributed by atoms with E-state index in [4.69, 9.17) is 10.9 Å². The SMILES string of the molecule is Cc1cc(Br)cc(NCCCC/C(N)=N/O)c1. The molecule has 0 bridgehead atoms. The van der Waals surface area contributed by atoms with E-state index < -0.39 is 0 Å². The Kier molecular flexibility index (Phi) is 5.83. The molecule has 4 nitrogen and oxygen atoms in total. The molecule has 0 atom stereocenters. The third kappa shape index (κ3) is 5.58. The van der Waals surface area contributed by atoms with E-state index >= 15 is 0 Å². The van der Waals surface area contributed by atoms with E-state index in [1.807, 2.05) is 0 Å². The molecule has 0 aliphatic heterocycles. The van der Waals surface area contributed by atoms with Crippen LogP contribution in [0.2, 0.25) is 0 Å². The molecule has 5 heteroatoms. The number of benzene rings is 1. The molecule has 0 radical (unpaired) electrons. The smallest absolute Gasteiger partial charge is 0.139 e. The van der Waals surface area contributed by atoms with Crippen LogP contribution in [0, 0.1) is 6.92 Å². The van der Waals surface area contributed by atoms with E-state index in [0.717, 1.165) is 29.5 Å². The van der Waals surface area contributed by atoms with Crippen LogP contribution in [0.25, 0.3) is 0 Å². The fraction of sp³-hybridized carbons (Fsp3) is 0.417. The molecule has 0 saturated carbocycles. The fourth-order valence-corrected chi connectivity index (χ4v) is 2.16. The third-order valence-electron chi connectivity index (χ3n) is 2.36. The summed E-state index contributed by atoms with van der Waals surface area (Å²) < 4.78 is 1.08. The van der Waals surface area contributed by atoms with Gasteiger partial charge in [-0.3, -0.25) is 0 Å². The number of halogens is 1. The van der Waals surface area contributed by atoms with Crippen molar-refractivity contribution in [1.82, 2.24) is 0 Å². The summed E-state index contributed by atoms with van der Waals surface area (Å²) >= 11 is 3.46. The summed E-state index contributed by atoms with van der Waals surface area (Å²) in [7, 11) is 0. The van der Waals surface area contributed by atoms with Crippen molar-refractivity contribution in [2.45, 2.75) is 26.2 Å². The van der Waals surface area contributed by atoms with E-state index in [1.54, 1.807) is 0 Å². The highest BCUT2D eigenvalue weighted by Gasteiger charge is 1.97. The van der Waals surface area contributed by atoms with Gasteiger partial charge < -0.3 is 16.3 Å². The minimum Gasteiger partial charge on any atom is -0.409 e. The molecule has 0 saturated heterocycles. The lowest BCUT2D eigenvalue weighted by Crippen LogP contribution is -2.11. The number of hydrogen-bond donors (Lipinski definition) is 3. The van der Waals surface area contributed by atoms with E-state index in [2.05, 4.69) is 51.5 Å². The van der Waals surface area contributed by atoms with Gasteiger partial charge in [-0.25, -0.2) is 0 Å². The highest BCUT2D eigenvalue weighted by atomic mass is 79.9. The molecule has 0 amide bonds. The molecular weight excluding hydrogens is 282 g/mol. The number of oxime groups is 1. The van der Waals surface area contributed by atoms with Gasteiger partial charge in [-0.15, -0.1) is 0 Å². The molecule has 0 aromatic heterocycles. The van der Waals surface area contributed by atoms with Gasteiger partial charge in [0.1, 0.15) is 5.84 Å². The van der Waals surface area contributed by atoms with Crippen LogP contribution in [0.3, 0.4) is 0 Å². The van der Waals surface area contributed by atoms with E-state index in [-0.39, 0.29) is 0 Å². The largest absolute Gasteiger partial charge is 0.409 e. The zero-order chi connectivity index (χ0) is 12.7. The Bertz CT molecular complexity index is 373. The number of rotatable bonds is 6. The number of hydrogen-bond acceptors (Lipinski definition) is 3. The predicted molar refractivity (Wildman–Crippen MR) is 74.6 cm³/mol. The molecule has 1 rings (SSSR count). The number of nitrogens with zero attached hydrogens (tertiary/aromatic N) is 1. The second-order valence-electron chi connectivity index (χ2n) is 3.99. The zero-order valence-electron chi connectivity index (χ0n) is 9.91. The Labute approximate surface area is 110 Å². The first-order valence-electron chi connectivity index (χ1n) is 5.59. The van der Waals surface area contributed by atoms with Crippen LogP contribution in [0.4, 0.5) is 5.69 Å². The van der Waals surface area contributed by atoms with Crippen LogP contribution in [0.1, 0.15) is 24.8 Å². The van der Waals surface area contributed by atoms with Crippen LogP contribution >= 0.6 is 15.9 Å². The summed E-state index contributed by atoms with van der Waals surface area (Å²) in [5.41, 5.74) is 7.71. The van der Waals surface area contributed by atoms with Crippen LogP contribution in [-0.2, 0) is 0 Å². The zero-order valence-corrected chi connectivity index (χ0v) is 11.5. The van der Waals surface area contributed by atoms with Crippen molar-refractivity contribution in [1.29, 1.82) is 0 Å². The van der Waals surface area contributed by atoms with Crippen molar-refractivity contribution in [3.05, 3.63) is 28.2 Å². The fourth-order valence-electron chi connectivity index (χ4n) is 1.55. The molecule has 0 heterocycles. The van der Waals surface area contributed by atoms with E-state index in [0.29, 0.717) is 12.3 Å². The molecule has 17 heavy (non-hydrogen) atoms. The van der Waals surface area contributed by atoms with E-state index in [9.17, 15) is 0 Å². The summed E-state index contributed by atoms with van der Waals surface area (Å²) in [6, 6.07) is 6.23. The Balaban J connectivity index is 2.26. The molecule has 4 N–H and O–H groups in total. The topological polar surface area (TPSA) is 70.6 Å². The average molecular weight is 300 g/mol. The van der Waals surface area contributed by atoms with Gasteiger partial charge in [0.25, 0.3) is 0 Å². The molecular formula is C12H18BrN3O. The highest BCUT2D eigenvalue weighted by molar-refractivity contribution is 9.10. The number of nitrogens with one attached hydrogen (secondary N) is 1. The van der Waals surface area contributed by atoms with Crippen molar-refractivity contribution >= 4 is 27.5 Å². The normalized spacial score (nSPS) is 11.5. The summed E-state index contributed by atoms with van der Waals surface area (Å²) in [4.78, 5) is 0. The maximum atomic E-state index is 8.37. The van der Waals surface area contributed by atoms with Gasteiger partial charge >= 0.3 is 0 Å². The van der Waals surface area contributed by atoms with Crippen LogP contribution in [0.5, 0.6) is 0 Å². The molecule has 0 aliphatic rings. The van der Waals surface area contributed by atoms with E-state index in [1.165, 1.54) is 5.56 Å². The third-order valence-corrected chi connectivity index (χ3v) is 2.82. The number of unbranched alkanes of at least 4 members (excludes halogenated alkanes) is 1. The maximum Gasteiger partial charge on any atom is 0.139 e. The number of amidine groups is 1. The molecule has 1 aromatic carbocycles. The number of aryl methyl sites for hydroxylation is 1.